The van der Waals surface area contributed by atoms with Gasteiger partial charge in [0.15, 0.2) is 0 Å². The number of aliphatic hydroxyl groups is 2. The third-order valence-electron chi connectivity index (χ3n) is 6.39. The summed E-state index contributed by atoms with van der Waals surface area (Å²) in [7, 11) is 0. The molecular weight excluding hydrogens is 432 g/mol. The number of hydrogen-bond donors (Lipinski definition) is 3. The third-order valence-corrected chi connectivity index (χ3v) is 6.39. The van der Waals surface area contributed by atoms with Crippen molar-refractivity contribution in [2.24, 2.45) is 0 Å². The van der Waals surface area contributed by atoms with Crippen LogP contribution in [0.25, 0.3) is 10.9 Å². The Morgan fingerprint density at radius 1 is 1.12 bits per heavy atom. The summed E-state index contributed by atoms with van der Waals surface area (Å²) < 4.78 is 17.7. The van der Waals surface area contributed by atoms with Crippen LogP contribution in [0.3, 0.4) is 0 Å². The van der Waals surface area contributed by atoms with Crippen LogP contribution in [-0.2, 0) is 30.4 Å². The van der Waals surface area contributed by atoms with Gasteiger partial charge in [0.25, 0.3) is 0 Å². The SMILES string of the molecule is CC.CCc1cc(OC2CC(O)CC(CO)O2)c2c(CCc3ccc4c(c3)CCO4)[nH]nc2c1. The maximum absolute atomic E-state index is 10.2. The summed E-state index contributed by atoms with van der Waals surface area (Å²) in [6.45, 7) is 6.72. The van der Waals surface area contributed by atoms with Crippen LogP contribution < -0.4 is 9.47 Å². The van der Waals surface area contributed by atoms with Crippen LogP contribution >= 0.6 is 0 Å². The van der Waals surface area contributed by atoms with Crippen molar-refractivity contribution in [3.8, 4) is 11.5 Å². The van der Waals surface area contributed by atoms with Crippen molar-refractivity contribution < 1.29 is 24.4 Å². The van der Waals surface area contributed by atoms with Gasteiger partial charge >= 0.3 is 0 Å². The Hall–Kier alpha value is -2.61. The number of aromatic nitrogens is 2. The lowest BCUT2D eigenvalue weighted by molar-refractivity contribution is -0.184. The van der Waals surface area contributed by atoms with Crippen molar-refractivity contribution in [1.29, 1.82) is 0 Å². The summed E-state index contributed by atoms with van der Waals surface area (Å²) in [5, 5.41) is 28.4. The van der Waals surface area contributed by atoms with Crippen molar-refractivity contribution in [2.75, 3.05) is 13.2 Å². The van der Waals surface area contributed by atoms with E-state index in [0.717, 1.165) is 60.2 Å². The van der Waals surface area contributed by atoms with E-state index in [1.165, 1.54) is 11.1 Å². The second-order valence-corrected chi connectivity index (χ2v) is 8.70. The van der Waals surface area contributed by atoms with E-state index in [1.54, 1.807) is 0 Å². The van der Waals surface area contributed by atoms with E-state index in [9.17, 15) is 10.2 Å². The molecule has 3 N–H and O–H groups in total. The number of aromatic amines is 1. The molecule has 1 fully saturated rings. The first-order valence-electron chi connectivity index (χ1n) is 12.5. The van der Waals surface area contributed by atoms with Crippen LogP contribution in [0.4, 0.5) is 0 Å². The number of hydrogen-bond acceptors (Lipinski definition) is 6. The molecule has 0 saturated carbocycles. The van der Waals surface area contributed by atoms with Crippen LogP contribution in [0.15, 0.2) is 30.3 Å². The van der Waals surface area contributed by atoms with E-state index < -0.39 is 18.5 Å². The van der Waals surface area contributed by atoms with E-state index in [2.05, 4.69) is 41.4 Å². The highest BCUT2D eigenvalue weighted by Gasteiger charge is 2.30. The first-order chi connectivity index (χ1) is 16.6. The molecule has 3 aromatic rings. The fourth-order valence-electron chi connectivity index (χ4n) is 4.66. The highest BCUT2D eigenvalue weighted by molar-refractivity contribution is 5.88. The lowest BCUT2D eigenvalue weighted by Crippen LogP contribution is -2.40. The molecule has 0 bridgehead atoms. The number of benzene rings is 2. The molecule has 5 rings (SSSR count). The smallest absolute Gasteiger partial charge is 0.202 e. The van der Waals surface area contributed by atoms with Crippen molar-refractivity contribution in [1.82, 2.24) is 10.2 Å². The number of nitrogens with one attached hydrogen (secondary N) is 1. The summed E-state index contributed by atoms with van der Waals surface area (Å²) >= 11 is 0. The van der Waals surface area contributed by atoms with Crippen molar-refractivity contribution >= 4 is 10.9 Å². The van der Waals surface area contributed by atoms with Crippen molar-refractivity contribution in [3.63, 3.8) is 0 Å². The molecule has 1 saturated heterocycles. The van der Waals surface area contributed by atoms with Gasteiger partial charge in [-0.05, 0) is 54.2 Å². The van der Waals surface area contributed by atoms with Crippen molar-refractivity contribution in [3.05, 3.63) is 52.7 Å². The predicted molar refractivity (Wildman–Crippen MR) is 131 cm³/mol. The molecule has 3 heterocycles. The van der Waals surface area contributed by atoms with Crippen LogP contribution in [0.2, 0.25) is 0 Å². The monoisotopic (exact) mass is 468 g/mol. The van der Waals surface area contributed by atoms with Gasteiger partial charge in [-0.3, -0.25) is 5.10 Å². The number of rotatable bonds is 7. The highest BCUT2D eigenvalue weighted by Crippen LogP contribution is 2.33. The van der Waals surface area contributed by atoms with Gasteiger partial charge in [-0.2, -0.15) is 5.10 Å². The van der Waals surface area contributed by atoms with E-state index in [0.29, 0.717) is 18.6 Å². The average Bonchev–Trinajstić information content (AvgIpc) is 3.50. The minimum atomic E-state index is -0.606. The van der Waals surface area contributed by atoms with E-state index in [-0.39, 0.29) is 6.61 Å². The lowest BCUT2D eigenvalue weighted by atomic mass is 10.0. The van der Waals surface area contributed by atoms with E-state index in [4.69, 9.17) is 14.2 Å². The Balaban J connectivity index is 0.00000133. The molecule has 1 aromatic heterocycles. The summed E-state index contributed by atoms with van der Waals surface area (Å²) in [6.07, 6.45) is 2.73. The largest absolute Gasteiger partial charge is 0.493 e. The first-order valence-corrected chi connectivity index (χ1v) is 12.5. The molecule has 7 heteroatoms. The molecule has 3 unspecified atom stereocenters. The number of aryl methyl sites for hydroxylation is 3. The Morgan fingerprint density at radius 2 is 1.97 bits per heavy atom. The Kier molecular flexibility index (Phi) is 8.08. The predicted octanol–water partition coefficient (Wildman–Crippen LogP) is 4.11. The Morgan fingerprint density at radius 3 is 2.76 bits per heavy atom. The fraction of sp³-hybridized carbons (Fsp3) is 0.519. The zero-order valence-corrected chi connectivity index (χ0v) is 20.3. The topological polar surface area (TPSA) is 96.8 Å². The fourth-order valence-corrected chi connectivity index (χ4v) is 4.66. The van der Waals surface area contributed by atoms with Gasteiger partial charge in [0.1, 0.15) is 11.5 Å². The lowest BCUT2D eigenvalue weighted by Gasteiger charge is -2.32. The number of nitrogens with zero attached hydrogens (tertiary/aromatic N) is 1. The molecule has 0 amide bonds. The number of H-pyrrole nitrogens is 1. The van der Waals surface area contributed by atoms with Gasteiger partial charge in [0.2, 0.25) is 6.29 Å². The first kappa shape index (κ1) is 24.5. The van der Waals surface area contributed by atoms with Gasteiger partial charge in [-0.1, -0.05) is 32.9 Å². The molecule has 2 aliphatic heterocycles. The van der Waals surface area contributed by atoms with Gasteiger partial charge in [-0.15, -0.1) is 0 Å². The Labute approximate surface area is 201 Å². The quantitative estimate of drug-likeness (QED) is 0.483. The maximum Gasteiger partial charge on any atom is 0.202 e. The summed E-state index contributed by atoms with van der Waals surface area (Å²) in [6, 6.07) is 10.5. The molecule has 2 aliphatic rings. The van der Waals surface area contributed by atoms with Gasteiger partial charge in [-0.25, -0.2) is 0 Å². The van der Waals surface area contributed by atoms with E-state index in [1.807, 2.05) is 19.9 Å². The third kappa shape index (κ3) is 5.37. The second kappa shape index (κ2) is 11.2. The Bertz CT molecular complexity index is 1100. The number of ether oxygens (including phenoxy) is 3. The molecule has 34 heavy (non-hydrogen) atoms. The molecule has 0 spiro atoms. The van der Waals surface area contributed by atoms with Crippen LogP contribution in [0.1, 0.15) is 56.0 Å². The second-order valence-electron chi connectivity index (χ2n) is 8.70. The van der Waals surface area contributed by atoms with Gasteiger partial charge < -0.3 is 24.4 Å². The molecule has 0 aliphatic carbocycles. The summed E-state index contributed by atoms with van der Waals surface area (Å²) in [5.41, 5.74) is 5.56. The van der Waals surface area contributed by atoms with Crippen LogP contribution in [-0.4, -0.2) is 52.1 Å². The van der Waals surface area contributed by atoms with E-state index >= 15 is 0 Å². The summed E-state index contributed by atoms with van der Waals surface area (Å²) in [4.78, 5) is 0. The molecule has 184 valence electrons. The zero-order chi connectivity index (χ0) is 24.1. The van der Waals surface area contributed by atoms with Crippen LogP contribution in [0.5, 0.6) is 11.5 Å². The molecular formula is C27H36N2O5. The summed E-state index contributed by atoms with van der Waals surface area (Å²) in [5.74, 6) is 1.71. The standard InChI is InChI=1S/C25H30N2O5.C2H6/c1-2-15-10-21-25(23(11-15)32-24-13-18(29)12-19(14-28)31-24)20(26-27-21)5-3-16-4-6-22-17(9-16)7-8-30-22;1-2/h4,6,9-11,18-19,24,28-29H,2-3,5,7-8,12-14H2,1H3,(H,26,27);1-2H3. The normalized spacial score (nSPS) is 21.5. The minimum absolute atomic E-state index is 0.135. The maximum atomic E-state index is 10.2. The molecule has 0 radical (unpaired) electrons. The number of fused-ring (bicyclic) bond motifs is 2. The van der Waals surface area contributed by atoms with Gasteiger partial charge in [0.05, 0.1) is 36.3 Å². The van der Waals surface area contributed by atoms with Crippen molar-refractivity contribution in [2.45, 2.75) is 77.8 Å². The number of aliphatic hydroxyl groups excluding tert-OH is 2. The highest BCUT2D eigenvalue weighted by atomic mass is 16.7. The molecule has 7 nitrogen and oxygen atoms in total. The molecule has 2 aromatic carbocycles. The van der Waals surface area contributed by atoms with Gasteiger partial charge in [0, 0.05) is 25.0 Å². The zero-order valence-electron chi connectivity index (χ0n) is 20.3. The molecule has 3 atom stereocenters. The van der Waals surface area contributed by atoms with Crippen LogP contribution in [0, 0.1) is 0 Å². The minimum Gasteiger partial charge on any atom is -0.493 e. The average molecular weight is 469 g/mol.